The highest BCUT2D eigenvalue weighted by atomic mass is 32.2. The molecule has 0 atom stereocenters. The van der Waals surface area contributed by atoms with Gasteiger partial charge in [0, 0.05) is 31.1 Å². The molecule has 1 aliphatic rings. The Bertz CT molecular complexity index is 721. The molecule has 5 nitrogen and oxygen atoms in total. The molecule has 1 saturated heterocycles. The minimum Gasteiger partial charge on any atom is -0.324 e. The fourth-order valence-corrected chi connectivity index (χ4v) is 3.43. The first-order chi connectivity index (χ1) is 11.7. The summed E-state index contributed by atoms with van der Waals surface area (Å²) in [6.07, 6.45) is 4.94. The maximum Gasteiger partial charge on any atom is 0.234 e. The van der Waals surface area contributed by atoms with Crippen molar-refractivity contribution in [3.8, 4) is 0 Å². The van der Waals surface area contributed by atoms with Crippen LogP contribution in [-0.4, -0.2) is 29.1 Å². The Labute approximate surface area is 145 Å². The quantitative estimate of drug-likeness (QED) is 0.877. The van der Waals surface area contributed by atoms with E-state index in [9.17, 15) is 9.59 Å². The molecule has 24 heavy (non-hydrogen) atoms. The monoisotopic (exact) mass is 341 g/mol. The van der Waals surface area contributed by atoms with E-state index in [2.05, 4.69) is 10.3 Å². The number of carbonyl (C=O) groups excluding carboxylic acids is 2. The molecule has 6 heteroatoms. The van der Waals surface area contributed by atoms with Gasteiger partial charge in [0.15, 0.2) is 0 Å². The van der Waals surface area contributed by atoms with Crippen molar-refractivity contribution in [3.63, 3.8) is 0 Å². The molecular weight excluding hydrogens is 322 g/mol. The summed E-state index contributed by atoms with van der Waals surface area (Å²) in [5.74, 6) is 1.18. The molecule has 1 fully saturated rings. The summed E-state index contributed by atoms with van der Waals surface area (Å²) in [6, 6.07) is 11.4. The van der Waals surface area contributed by atoms with Crippen LogP contribution < -0.4 is 10.2 Å². The number of hydrogen-bond donors (Lipinski definition) is 1. The van der Waals surface area contributed by atoms with Crippen molar-refractivity contribution in [2.75, 3.05) is 22.5 Å². The minimum absolute atomic E-state index is 0.0619. The highest BCUT2D eigenvalue weighted by Gasteiger charge is 2.24. The number of nitrogens with zero attached hydrogens (tertiary/aromatic N) is 2. The van der Waals surface area contributed by atoms with Crippen molar-refractivity contribution in [2.45, 2.75) is 18.6 Å². The smallest absolute Gasteiger partial charge is 0.234 e. The molecule has 0 spiro atoms. The van der Waals surface area contributed by atoms with Crippen LogP contribution in [0.2, 0.25) is 0 Å². The Morgan fingerprint density at radius 3 is 2.75 bits per heavy atom. The Hall–Kier alpha value is -2.34. The number of rotatable bonds is 6. The Kier molecular flexibility index (Phi) is 5.48. The zero-order valence-corrected chi connectivity index (χ0v) is 14.1. The highest BCUT2D eigenvalue weighted by Crippen LogP contribution is 2.29. The third-order valence-electron chi connectivity index (χ3n) is 3.79. The topological polar surface area (TPSA) is 62.3 Å². The van der Waals surface area contributed by atoms with E-state index in [4.69, 9.17) is 0 Å². The summed E-state index contributed by atoms with van der Waals surface area (Å²) in [4.78, 5) is 29.9. The number of carbonyl (C=O) groups is 2. The van der Waals surface area contributed by atoms with Crippen LogP contribution in [-0.2, 0) is 15.3 Å². The van der Waals surface area contributed by atoms with E-state index in [0.29, 0.717) is 24.4 Å². The molecule has 0 aliphatic carbocycles. The minimum atomic E-state index is -0.0619. The van der Waals surface area contributed by atoms with Crippen molar-refractivity contribution in [1.29, 1.82) is 0 Å². The lowest BCUT2D eigenvalue weighted by molar-refractivity contribution is -0.117. The van der Waals surface area contributed by atoms with Gasteiger partial charge in [-0.05, 0) is 36.2 Å². The molecule has 0 unspecified atom stereocenters. The van der Waals surface area contributed by atoms with Crippen molar-refractivity contribution in [2.24, 2.45) is 0 Å². The van der Waals surface area contributed by atoms with Gasteiger partial charge >= 0.3 is 0 Å². The normalized spacial score (nSPS) is 14.0. The van der Waals surface area contributed by atoms with Crippen LogP contribution in [0.15, 0.2) is 48.8 Å². The third-order valence-corrected chi connectivity index (χ3v) is 4.80. The fraction of sp³-hybridized carbons (Fsp3) is 0.278. The van der Waals surface area contributed by atoms with Crippen molar-refractivity contribution in [1.82, 2.24) is 4.98 Å². The van der Waals surface area contributed by atoms with Gasteiger partial charge in [-0.3, -0.25) is 14.6 Å². The third kappa shape index (κ3) is 4.14. The van der Waals surface area contributed by atoms with E-state index in [0.717, 1.165) is 23.4 Å². The lowest BCUT2D eigenvalue weighted by Crippen LogP contribution is -2.26. The maximum absolute atomic E-state index is 12.2. The van der Waals surface area contributed by atoms with Gasteiger partial charge in [-0.1, -0.05) is 12.1 Å². The molecule has 1 N–H and O–H groups in total. The number of thioether (sulfide) groups is 1. The van der Waals surface area contributed by atoms with E-state index < -0.39 is 0 Å². The molecule has 0 saturated carbocycles. The predicted octanol–water partition coefficient (Wildman–Crippen LogP) is 3.08. The number of benzene rings is 1. The lowest BCUT2D eigenvalue weighted by Gasteiger charge is -2.19. The first kappa shape index (κ1) is 16.5. The van der Waals surface area contributed by atoms with Crippen LogP contribution in [0.1, 0.15) is 18.4 Å². The van der Waals surface area contributed by atoms with E-state index in [1.807, 2.05) is 36.4 Å². The number of amides is 2. The number of nitrogens with one attached hydrogen (secondary N) is 1. The van der Waals surface area contributed by atoms with E-state index in [1.165, 1.54) is 0 Å². The number of anilines is 2. The first-order valence-corrected chi connectivity index (χ1v) is 9.05. The molecule has 124 valence electrons. The molecule has 3 rings (SSSR count). The van der Waals surface area contributed by atoms with Gasteiger partial charge in [0.05, 0.1) is 17.1 Å². The van der Waals surface area contributed by atoms with Gasteiger partial charge < -0.3 is 10.2 Å². The Morgan fingerprint density at radius 1 is 1.21 bits per heavy atom. The van der Waals surface area contributed by atoms with Gasteiger partial charge in [0.2, 0.25) is 11.8 Å². The summed E-state index contributed by atoms with van der Waals surface area (Å²) < 4.78 is 0. The molecule has 1 aliphatic heterocycles. The molecule has 0 radical (unpaired) electrons. The molecule has 2 amide bonds. The van der Waals surface area contributed by atoms with E-state index in [-0.39, 0.29) is 11.8 Å². The number of aromatic nitrogens is 1. The molecular formula is C18H19N3O2S. The van der Waals surface area contributed by atoms with Gasteiger partial charge in [0.1, 0.15) is 0 Å². The average molecular weight is 341 g/mol. The zero-order chi connectivity index (χ0) is 16.8. The molecule has 1 aromatic carbocycles. The second kappa shape index (κ2) is 7.97. The van der Waals surface area contributed by atoms with Crippen LogP contribution in [0.4, 0.5) is 11.4 Å². The largest absolute Gasteiger partial charge is 0.324 e. The molecule has 1 aromatic heterocycles. The number of para-hydroxylation sites is 2. The maximum atomic E-state index is 12.2. The first-order valence-electron chi connectivity index (χ1n) is 7.90. The van der Waals surface area contributed by atoms with Crippen LogP contribution in [0.3, 0.4) is 0 Å². The summed E-state index contributed by atoms with van der Waals surface area (Å²) >= 11 is 1.55. The second-order valence-corrected chi connectivity index (χ2v) is 6.55. The van der Waals surface area contributed by atoms with Crippen LogP contribution in [0, 0.1) is 0 Å². The predicted molar refractivity (Wildman–Crippen MR) is 97.1 cm³/mol. The second-order valence-electron chi connectivity index (χ2n) is 5.56. The lowest BCUT2D eigenvalue weighted by atomic mass is 10.2. The zero-order valence-electron chi connectivity index (χ0n) is 13.3. The van der Waals surface area contributed by atoms with Crippen molar-refractivity contribution >= 4 is 35.0 Å². The molecule has 2 aromatic rings. The van der Waals surface area contributed by atoms with Crippen molar-refractivity contribution in [3.05, 3.63) is 54.4 Å². The average Bonchev–Trinajstić information content (AvgIpc) is 3.02. The number of hydrogen-bond acceptors (Lipinski definition) is 4. The molecule has 0 bridgehead atoms. The highest BCUT2D eigenvalue weighted by molar-refractivity contribution is 7.99. The Balaban J connectivity index is 1.57. The SMILES string of the molecule is O=C(CSCc1ccncc1)Nc1ccccc1N1CCCC1=O. The summed E-state index contributed by atoms with van der Waals surface area (Å²) in [7, 11) is 0. The van der Waals surface area contributed by atoms with E-state index >= 15 is 0 Å². The van der Waals surface area contributed by atoms with Crippen molar-refractivity contribution < 1.29 is 9.59 Å². The van der Waals surface area contributed by atoms with Crippen LogP contribution in [0.25, 0.3) is 0 Å². The Morgan fingerprint density at radius 2 is 2.00 bits per heavy atom. The van der Waals surface area contributed by atoms with Crippen LogP contribution >= 0.6 is 11.8 Å². The van der Waals surface area contributed by atoms with Gasteiger partial charge in [0.25, 0.3) is 0 Å². The van der Waals surface area contributed by atoms with E-state index in [1.54, 1.807) is 29.1 Å². The van der Waals surface area contributed by atoms with Gasteiger partial charge in [-0.15, -0.1) is 11.8 Å². The molecule has 2 heterocycles. The van der Waals surface area contributed by atoms with Gasteiger partial charge in [-0.25, -0.2) is 0 Å². The number of pyridine rings is 1. The standard InChI is InChI=1S/C18H19N3O2S/c22-17(13-24-12-14-7-9-19-10-8-14)20-15-4-1-2-5-16(15)21-11-3-6-18(21)23/h1-2,4-5,7-10H,3,6,11-13H2,(H,20,22). The van der Waals surface area contributed by atoms with Crippen LogP contribution in [0.5, 0.6) is 0 Å². The fourth-order valence-electron chi connectivity index (χ4n) is 2.64. The summed E-state index contributed by atoms with van der Waals surface area (Å²) in [5.41, 5.74) is 2.63. The summed E-state index contributed by atoms with van der Waals surface area (Å²) in [6.45, 7) is 0.711. The van der Waals surface area contributed by atoms with Gasteiger partial charge in [-0.2, -0.15) is 0 Å². The summed E-state index contributed by atoms with van der Waals surface area (Å²) in [5, 5.41) is 2.93.